The molecule has 10 heavy (non-hydrogen) atoms. The molecule has 0 aliphatic carbocycles. The van der Waals surface area contributed by atoms with E-state index >= 15 is 0 Å². The summed E-state index contributed by atoms with van der Waals surface area (Å²) in [5.41, 5.74) is 0. The van der Waals surface area contributed by atoms with Crippen molar-refractivity contribution >= 4 is 47.8 Å². The van der Waals surface area contributed by atoms with Crippen LogP contribution < -0.4 is 0 Å². The molecule has 0 heterocycles. The van der Waals surface area contributed by atoms with Gasteiger partial charge in [0.2, 0.25) is 0 Å². The zero-order valence-corrected chi connectivity index (χ0v) is 10.2. The Morgan fingerprint density at radius 3 is 2.20 bits per heavy atom. The Balaban J connectivity index is 3.56. The summed E-state index contributed by atoms with van der Waals surface area (Å²) in [6, 6.07) is 0. The van der Waals surface area contributed by atoms with Gasteiger partial charge in [-0.05, 0) is 67.7 Å². The third-order valence-electron chi connectivity index (χ3n) is 0.613. The Labute approximate surface area is 85.3 Å². The predicted molar refractivity (Wildman–Crippen MR) is 49.8 cm³/mol. The summed E-state index contributed by atoms with van der Waals surface area (Å²) >= 11 is 9.24. The number of rotatable bonds is 2. The van der Waals surface area contributed by atoms with E-state index in [1.807, 2.05) is 0 Å². The van der Waals surface area contributed by atoms with E-state index in [-0.39, 0.29) is 0 Å². The number of allylic oxidation sites excluding steroid dienone is 2. The van der Waals surface area contributed by atoms with Crippen molar-refractivity contribution in [1.29, 1.82) is 0 Å². The summed E-state index contributed by atoms with van der Waals surface area (Å²) < 4.78 is -0.814. The highest BCUT2D eigenvalue weighted by molar-refractivity contribution is 9.39. The van der Waals surface area contributed by atoms with Gasteiger partial charge in [-0.25, -0.2) is 0 Å². The van der Waals surface area contributed by atoms with Gasteiger partial charge in [0.1, 0.15) is 5.76 Å². The average Bonchev–Trinajstić information content (AvgIpc) is 1.81. The molecule has 0 saturated carbocycles. The van der Waals surface area contributed by atoms with E-state index in [2.05, 4.69) is 53.9 Å². The minimum atomic E-state index is -0.814. The molecule has 0 unspecified atom stereocenters. The SMILES string of the molecule is C[C]=C(C)OOC(Br)(Br)Br. The largest absolute Gasteiger partial charge is 0.339 e. The van der Waals surface area contributed by atoms with Crippen molar-refractivity contribution in [3.05, 3.63) is 11.8 Å². The van der Waals surface area contributed by atoms with E-state index in [1.54, 1.807) is 13.8 Å². The monoisotopic (exact) mass is 335 g/mol. The lowest BCUT2D eigenvalue weighted by Crippen LogP contribution is -2.06. The first-order valence-electron chi connectivity index (χ1n) is 2.39. The summed E-state index contributed by atoms with van der Waals surface area (Å²) in [5, 5.41) is 0. The van der Waals surface area contributed by atoms with Crippen molar-refractivity contribution in [2.24, 2.45) is 0 Å². The van der Waals surface area contributed by atoms with Gasteiger partial charge >= 0.3 is 0 Å². The molecule has 5 heteroatoms. The first-order valence-corrected chi connectivity index (χ1v) is 4.77. The van der Waals surface area contributed by atoms with Crippen molar-refractivity contribution in [2.45, 2.75) is 16.2 Å². The first kappa shape index (κ1) is 10.9. The van der Waals surface area contributed by atoms with Crippen LogP contribution in [0, 0.1) is 6.08 Å². The summed E-state index contributed by atoms with van der Waals surface area (Å²) in [6.45, 7) is 3.47. The Morgan fingerprint density at radius 1 is 1.40 bits per heavy atom. The molecule has 0 spiro atoms. The third kappa shape index (κ3) is 7.05. The second kappa shape index (κ2) is 4.74. The van der Waals surface area contributed by atoms with Crippen LogP contribution in [-0.2, 0) is 9.78 Å². The molecule has 0 aromatic carbocycles. The Morgan fingerprint density at radius 2 is 1.90 bits per heavy atom. The molecule has 0 aliphatic heterocycles. The normalized spacial score (nSPS) is 13.5. The molecule has 0 N–H and O–H groups in total. The molecular formula is C5H6Br3O2. The highest BCUT2D eigenvalue weighted by atomic mass is 80.0. The molecule has 0 fully saturated rings. The fourth-order valence-electron chi connectivity index (χ4n) is 0.151. The standard InChI is InChI=1S/C5H6Br3O2/c1-3-4(2)9-10-5(6,7)8/h1-2H3. The maximum absolute atomic E-state index is 4.73. The smallest absolute Gasteiger partial charge is 0.276 e. The fourth-order valence-corrected chi connectivity index (χ4v) is 0.350. The van der Waals surface area contributed by atoms with Crippen molar-refractivity contribution in [3.8, 4) is 0 Å². The maximum atomic E-state index is 4.73. The topological polar surface area (TPSA) is 18.5 Å². The quantitative estimate of drug-likeness (QED) is 0.332. The molecule has 0 bridgehead atoms. The van der Waals surface area contributed by atoms with Crippen LogP contribution in [0.15, 0.2) is 5.76 Å². The lowest BCUT2D eigenvalue weighted by molar-refractivity contribution is -0.257. The highest BCUT2D eigenvalue weighted by Gasteiger charge is 2.20. The van der Waals surface area contributed by atoms with Crippen LogP contribution >= 0.6 is 47.8 Å². The summed E-state index contributed by atoms with van der Waals surface area (Å²) in [4.78, 5) is 9.45. The second-order valence-corrected chi connectivity index (χ2v) is 7.96. The third-order valence-corrected chi connectivity index (χ3v) is 1.01. The van der Waals surface area contributed by atoms with Crippen LogP contribution in [0.2, 0.25) is 0 Å². The minimum absolute atomic E-state index is 0.572. The van der Waals surface area contributed by atoms with E-state index in [1.165, 1.54) is 0 Å². The second-order valence-electron chi connectivity index (χ2n) is 1.42. The molecule has 0 aromatic rings. The van der Waals surface area contributed by atoms with Crippen molar-refractivity contribution in [2.75, 3.05) is 0 Å². The fraction of sp³-hybridized carbons (Fsp3) is 0.600. The van der Waals surface area contributed by atoms with Crippen molar-refractivity contribution < 1.29 is 9.78 Å². The Kier molecular flexibility index (Phi) is 5.19. The number of alkyl halides is 3. The summed E-state index contributed by atoms with van der Waals surface area (Å²) in [5.74, 6) is 0.572. The molecular weight excluding hydrogens is 332 g/mol. The van der Waals surface area contributed by atoms with Gasteiger partial charge in [-0.15, -0.1) is 4.89 Å². The molecule has 59 valence electrons. The van der Waals surface area contributed by atoms with E-state index in [0.29, 0.717) is 5.76 Å². The van der Waals surface area contributed by atoms with Crippen LogP contribution in [-0.4, -0.2) is 2.33 Å². The number of halogens is 3. The van der Waals surface area contributed by atoms with Gasteiger partial charge in [0.25, 0.3) is 2.33 Å². The highest BCUT2D eigenvalue weighted by Crippen LogP contribution is 2.35. The van der Waals surface area contributed by atoms with Crippen molar-refractivity contribution in [3.63, 3.8) is 0 Å². The average molecular weight is 338 g/mol. The first-order chi connectivity index (χ1) is 4.45. The summed E-state index contributed by atoms with van der Waals surface area (Å²) in [7, 11) is 0. The summed E-state index contributed by atoms with van der Waals surface area (Å²) in [6.07, 6.45) is 2.74. The maximum Gasteiger partial charge on any atom is 0.276 e. The van der Waals surface area contributed by atoms with Crippen LogP contribution in [0.5, 0.6) is 0 Å². The van der Waals surface area contributed by atoms with E-state index in [4.69, 9.17) is 9.78 Å². The zero-order chi connectivity index (χ0) is 8.20. The number of hydrogen-bond acceptors (Lipinski definition) is 2. The Bertz CT molecular complexity index is 127. The van der Waals surface area contributed by atoms with Gasteiger partial charge in [0, 0.05) is 0 Å². The number of hydrogen-bond donors (Lipinski definition) is 0. The molecule has 1 radical (unpaired) electrons. The molecule has 0 saturated heterocycles. The molecule has 2 nitrogen and oxygen atoms in total. The van der Waals surface area contributed by atoms with Crippen molar-refractivity contribution in [1.82, 2.24) is 0 Å². The van der Waals surface area contributed by atoms with E-state index in [0.717, 1.165) is 0 Å². The van der Waals surface area contributed by atoms with E-state index < -0.39 is 2.33 Å². The van der Waals surface area contributed by atoms with Crippen LogP contribution in [0.25, 0.3) is 0 Å². The molecule has 0 rings (SSSR count). The predicted octanol–water partition coefficient (Wildman–Crippen LogP) is 3.46. The zero-order valence-electron chi connectivity index (χ0n) is 5.45. The Hall–Kier alpha value is 0.940. The van der Waals surface area contributed by atoms with Crippen LogP contribution in [0.4, 0.5) is 0 Å². The minimum Gasteiger partial charge on any atom is -0.339 e. The van der Waals surface area contributed by atoms with Crippen LogP contribution in [0.3, 0.4) is 0 Å². The van der Waals surface area contributed by atoms with E-state index in [9.17, 15) is 0 Å². The molecule has 0 atom stereocenters. The molecule has 0 aromatic heterocycles. The molecule has 0 amide bonds. The molecule has 0 aliphatic rings. The van der Waals surface area contributed by atoms with Gasteiger partial charge in [-0.1, -0.05) is 0 Å². The van der Waals surface area contributed by atoms with Gasteiger partial charge in [-0.3, -0.25) is 0 Å². The lowest BCUT2D eigenvalue weighted by atomic mass is 10.5. The van der Waals surface area contributed by atoms with Gasteiger partial charge < -0.3 is 4.89 Å². The van der Waals surface area contributed by atoms with Gasteiger partial charge in [0.15, 0.2) is 0 Å². The van der Waals surface area contributed by atoms with Gasteiger partial charge in [0.05, 0.1) is 0 Å². The van der Waals surface area contributed by atoms with Gasteiger partial charge in [-0.2, -0.15) is 0 Å². The lowest BCUT2D eigenvalue weighted by Gasteiger charge is -2.11. The van der Waals surface area contributed by atoms with Crippen LogP contribution in [0.1, 0.15) is 13.8 Å².